The van der Waals surface area contributed by atoms with Crippen molar-refractivity contribution in [1.29, 1.82) is 0 Å². The first-order valence-electron chi connectivity index (χ1n) is 11.0. The third-order valence-electron chi connectivity index (χ3n) is 5.35. The summed E-state index contributed by atoms with van der Waals surface area (Å²) in [5.74, 6) is -0.727. The van der Waals surface area contributed by atoms with Gasteiger partial charge in [0.1, 0.15) is 28.5 Å². The lowest BCUT2D eigenvalue weighted by atomic mass is 10.2. The van der Waals surface area contributed by atoms with Crippen molar-refractivity contribution in [2.75, 3.05) is 13.2 Å². The highest BCUT2D eigenvalue weighted by Gasteiger charge is 2.51. The van der Waals surface area contributed by atoms with Gasteiger partial charge in [0, 0.05) is 0 Å². The Bertz CT molecular complexity index is 996. The molecule has 0 aliphatic heterocycles. The average Bonchev–Trinajstić information content (AvgIpc) is 2.85. The van der Waals surface area contributed by atoms with Crippen molar-refractivity contribution in [2.24, 2.45) is 0 Å². The van der Waals surface area contributed by atoms with Crippen LogP contribution < -0.4 is 15.9 Å². The minimum atomic E-state index is -2.55. The third-order valence-corrected chi connectivity index (χ3v) is 9.65. The summed E-state index contributed by atoms with van der Waals surface area (Å²) in [7, 11) is -2.55. The predicted octanol–water partition coefficient (Wildman–Crippen LogP) is 5.25. The van der Waals surface area contributed by atoms with Crippen LogP contribution in [0.1, 0.15) is 20.3 Å². The molecule has 0 spiro atoms. The number of rotatable bonds is 10. The molecular formula is C28H30O4P+. The number of aliphatic hydroxyl groups excluding tert-OH is 1. The van der Waals surface area contributed by atoms with E-state index in [1.807, 2.05) is 54.6 Å². The van der Waals surface area contributed by atoms with E-state index in [0.29, 0.717) is 10.9 Å². The summed E-state index contributed by atoms with van der Waals surface area (Å²) in [6, 6.07) is 30.4. The van der Waals surface area contributed by atoms with Crippen molar-refractivity contribution in [3.63, 3.8) is 0 Å². The Morgan fingerprint density at radius 1 is 0.758 bits per heavy atom. The molecule has 0 atom stereocenters. The van der Waals surface area contributed by atoms with Crippen LogP contribution in [0.25, 0.3) is 0 Å². The van der Waals surface area contributed by atoms with Crippen LogP contribution in [0.5, 0.6) is 0 Å². The molecule has 33 heavy (non-hydrogen) atoms. The number of aliphatic hydroxyl groups is 1. The summed E-state index contributed by atoms with van der Waals surface area (Å²) < 4.78 is 10.7. The average molecular weight is 462 g/mol. The Balaban J connectivity index is 2.35. The van der Waals surface area contributed by atoms with Crippen LogP contribution in [0.15, 0.2) is 114 Å². The highest BCUT2D eigenvalue weighted by Crippen LogP contribution is 2.64. The Labute approximate surface area is 196 Å². The Morgan fingerprint density at radius 3 is 1.52 bits per heavy atom. The zero-order valence-electron chi connectivity index (χ0n) is 19.1. The molecule has 3 aromatic carbocycles. The third kappa shape index (κ3) is 5.18. The molecule has 3 rings (SSSR count). The van der Waals surface area contributed by atoms with Gasteiger partial charge in [0.15, 0.2) is 0 Å². The molecule has 0 heterocycles. The van der Waals surface area contributed by atoms with Gasteiger partial charge in [-0.3, -0.25) is 4.79 Å². The van der Waals surface area contributed by atoms with E-state index in [-0.39, 0.29) is 25.6 Å². The van der Waals surface area contributed by atoms with Crippen LogP contribution in [-0.2, 0) is 14.3 Å². The predicted molar refractivity (Wildman–Crippen MR) is 137 cm³/mol. The molecule has 0 fully saturated rings. The van der Waals surface area contributed by atoms with Gasteiger partial charge in [-0.05, 0) is 50.2 Å². The van der Waals surface area contributed by atoms with E-state index in [9.17, 15) is 9.90 Å². The van der Waals surface area contributed by atoms with Gasteiger partial charge in [-0.2, -0.15) is 0 Å². The second kappa shape index (κ2) is 11.5. The van der Waals surface area contributed by atoms with E-state index in [0.717, 1.165) is 15.9 Å². The van der Waals surface area contributed by atoms with Crippen LogP contribution >= 0.6 is 7.26 Å². The molecule has 3 aromatic rings. The van der Waals surface area contributed by atoms with Crippen LogP contribution in [0.3, 0.4) is 0 Å². The minimum absolute atomic E-state index is 0.132. The van der Waals surface area contributed by atoms with Crippen LogP contribution in [0.2, 0.25) is 0 Å². The molecule has 4 nitrogen and oxygen atoms in total. The maximum absolute atomic E-state index is 12.6. The number of allylic oxidation sites excluding steroid dienone is 1. The molecule has 0 aliphatic carbocycles. The highest BCUT2D eigenvalue weighted by molar-refractivity contribution is 7.99. The van der Waals surface area contributed by atoms with Crippen LogP contribution in [-0.4, -0.2) is 24.3 Å². The van der Waals surface area contributed by atoms with Gasteiger partial charge in [-0.1, -0.05) is 61.2 Å². The van der Waals surface area contributed by atoms with Gasteiger partial charge >= 0.3 is 5.97 Å². The summed E-state index contributed by atoms with van der Waals surface area (Å²) in [4.78, 5) is 12.6. The van der Waals surface area contributed by atoms with Gasteiger partial charge in [0.25, 0.3) is 5.95 Å². The van der Waals surface area contributed by atoms with E-state index in [1.54, 1.807) is 13.8 Å². The number of hydrogen-bond donors (Lipinski definition) is 1. The molecule has 0 bridgehead atoms. The van der Waals surface area contributed by atoms with Crippen molar-refractivity contribution in [3.05, 3.63) is 114 Å². The summed E-state index contributed by atoms with van der Waals surface area (Å²) >= 11 is 0. The monoisotopic (exact) mass is 461 g/mol. The number of ether oxygens (including phenoxy) is 2. The molecule has 0 saturated carbocycles. The Hall–Kier alpha value is -3.36. The van der Waals surface area contributed by atoms with Crippen LogP contribution in [0.4, 0.5) is 0 Å². The molecule has 0 aromatic heterocycles. The van der Waals surface area contributed by atoms with Crippen molar-refractivity contribution >= 4 is 29.1 Å². The first-order valence-corrected chi connectivity index (χ1v) is 12.8. The zero-order valence-corrected chi connectivity index (χ0v) is 20.0. The molecule has 5 heteroatoms. The zero-order chi connectivity index (χ0) is 23.7. The largest absolute Gasteiger partial charge is 0.481 e. The number of carbonyl (C=O) groups is 1. The van der Waals surface area contributed by atoms with Gasteiger partial charge in [0.05, 0.1) is 25.2 Å². The lowest BCUT2D eigenvalue weighted by molar-refractivity contribution is -0.142. The maximum Gasteiger partial charge on any atom is 0.310 e. The quantitative estimate of drug-likeness (QED) is 0.194. The second-order valence-electron chi connectivity index (χ2n) is 7.32. The van der Waals surface area contributed by atoms with E-state index in [2.05, 4.69) is 43.0 Å². The Morgan fingerprint density at radius 2 is 1.15 bits per heavy atom. The number of benzene rings is 3. The van der Waals surface area contributed by atoms with Crippen molar-refractivity contribution in [2.45, 2.75) is 20.3 Å². The number of carbonyl (C=O) groups excluding carboxylic acids is 1. The summed E-state index contributed by atoms with van der Waals surface area (Å²) in [6.45, 7) is 8.58. The van der Waals surface area contributed by atoms with Crippen molar-refractivity contribution < 1.29 is 19.4 Å². The molecule has 0 amide bonds. The Kier molecular flexibility index (Phi) is 8.46. The molecule has 0 radical (unpaired) electrons. The summed E-state index contributed by atoms with van der Waals surface area (Å²) in [5.41, 5.74) is 0.361. The number of hydrogen-bond acceptors (Lipinski definition) is 4. The smallest absolute Gasteiger partial charge is 0.310 e. The van der Waals surface area contributed by atoms with Crippen molar-refractivity contribution in [3.8, 4) is 0 Å². The minimum Gasteiger partial charge on any atom is -0.481 e. The molecular weight excluding hydrogens is 431 g/mol. The SMILES string of the molecule is C=C(/C(CC(=O)OCC)=C(\O)OCC)[P+](c1ccccc1)(c1ccccc1)c1ccccc1. The van der Waals surface area contributed by atoms with Gasteiger partial charge in [-0.25, -0.2) is 0 Å². The fourth-order valence-electron chi connectivity index (χ4n) is 3.95. The van der Waals surface area contributed by atoms with E-state index in [4.69, 9.17) is 9.47 Å². The molecule has 0 saturated heterocycles. The lowest BCUT2D eigenvalue weighted by Crippen LogP contribution is -2.33. The van der Waals surface area contributed by atoms with E-state index >= 15 is 0 Å². The number of esters is 1. The fourth-order valence-corrected chi connectivity index (χ4v) is 8.22. The fraction of sp³-hybridized carbons (Fsp3) is 0.179. The second-order valence-corrected chi connectivity index (χ2v) is 10.8. The summed E-state index contributed by atoms with van der Waals surface area (Å²) in [5, 5.41) is 14.8. The van der Waals surface area contributed by atoms with Gasteiger partial charge in [-0.15, -0.1) is 0 Å². The molecule has 1 N–H and O–H groups in total. The summed E-state index contributed by atoms with van der Waals surface area (Å²) in [6.07, 6.45) is -0.132. The maximum atomic E-state index is 12.6. The van der Waals surface area contributed by atoms with Gasteiger partial charge < -0.3 is 14.6 Å². The first-order chi connectivity index (χ1) is 16.1. The van der Waals surface area contributed by atoms with E-state index < -0.39 is 13.2 Å². The molecule has 0 aliphatic rings. The van der Waals surface area contributed by atoms with E-state index in [1.165, 1.54) is 0 Å². The molecule has 0 unspecified atom stereocenters. The highest BCUT2D eigenvalue weighted by atomic mass is 31.2. The lowest BCUT2D eigenvalue weighted by Gasteiger charge is -2.30. The topological polar surface area (TPSA) is 55.8 Å². The molecule has 170 valence electrons. The van der Waals surface area contributed by atoms with Crippen LogP contribution in [0, 0.1) is 0 Å². The normalized spacial score (nSPS) is 11.9. The van der Waals surface area contributed by atoms with Crippen molar-refractivity contribution in [1.82, 2.24) is 0 Å². The standard InChI is InChI=1S/C28H29O4P/c1-4-31-27(29)21-26(28(30)32-5-2)22(3)33(23-15-9-6-10-16-23,24-17-11-7-12-18-24)25-19-13-8-14-20-25/h6-20H,3-5,21H2,1-2H3/p+1/b28-26+. The first kappa shape index (κ1) is 24.3. The van der Waals surface area contributed by atoms with Gasteiger partial charge in [0.2, 0.25) is 0 Å².